The van der Waals surface area contributed by atoms with E-state index in [1.807, 2.05) is 7.05 Å². The largest absolute Gasteiger partial charge is 0.339 e. The molecule has 0 aliphatic heterocycles. The summed E-state index contributed by atoms with van der Waals surface area (Å²) in [5.41, 5.74) is 2.18. The van der Waals surface area contributed by atoms with E-state index >= 15 is 0 Å². The minimum absolute atomic E-state index is 0.0875. The molecule has 10 nitrogen and oxygen atoms in total. The molecule has 1 amide bonds. The molecule has 10 heteroatoms. The molecule has 1 aliphatic carbocycles. The molecule has 3 rings (SSSR count). The van der Waals surface area contributed by atoms with Gasteiger partial charge in [-0.2, -0.15) is 4.98 Å². The quantitative estimate of drug-likeness (QED) is 0.254. The molecule has 1 aliphatic rings. The van der Waals surface area contributed by atoms with Crippen molar-refractivity contribution in [2.75, 3.05) is 19.0 Å². The third kappa shape index (κ3) is 6.55. The molecule has 1 saturated carbocycles. The number of amides is 1. The molecule has 0 saturated heterocycles. The Kier molecular flexibility index (Phi) is 8.45. The minimum Gasteiger partial charge on any atom is -0.339 e. The van der Waals surface area contributed by atoms with Crippen LogP contribution in [-0.2, 0) is 4.79 Å². The average molecular weight is 430 g/mol. The summed E-state index contributed by atoms with van der Waals surface area (Å²) in [6.07, 6.45) is 14.3. The Bertz CT molecular complexity index is 864. The van der Waals surface area contributed by atoms with E-state index < -0.39 is 5.91 Å². The van der Waals surface area contributed by atoms with E-state index in [9.17, 15) is 4.79 Å². The van der Waals surface area contributed by atoms with Gasteiger partial charge in [0, 0.05) is 26.4 Å². The van der Waals surface area contributed by atoms with Crippen LogP contribution in [0.5, 0.6) is 0 Å². The number of hydrogen-bond acceptors (Lipinski definition) is 8. The first-order valence-electron chi connectivity index (χ1n) is 10.8. The van der Waals surface area contributed by atoms with Gasteiger partial charge in [0.25, 0.3) is 0 Å². The van der Waals surface area contributed by atoms with Crippen molar-refractivity contribution < 1.29 is 14.5 Å². The Morgan fingerprint density at radius 3 is 2.90 bits per heavy atom. The highest BCUT2D eigenvalue weighted by Crippen LogP contribution is 2.31. The van der Waals surface area contributed by atoms with Gasteiger partial charge in [-0.25, -0.2) is 10.5 Å². The van der Waals surface area contributed by atoms with E-state index in [0.717, 1.165) is 25.2 Å². The third-order valence-electron chi connectivity index (χ3n) is 5.74. The molecule has 0 aromatic carbocycles. The van der Waals surface area contributed by atoms with Crippen molar-refractivity contribution in [2.45, 2.75) is 63.7 Å². The summed E-state index contributed by atoms with van der Waals surface area (Å²) in [5.74, 6) is 1.32. The van der Waals surface area contributed by atoms with Crippen LogP contribution in [-0.4, -0.2) is 51.7 Å². The topological polar surface area (TPSA) is 130 Å². The predicted octanol–water partition coefficient (Wildman–Crippen LogP) is 3.35. The SMILES string of the molecule is CN=CN(C)c1cncc(-c2noc(C(CCCC3CCCCC3)CC(=O)NO)n2)n1. The van der Waals surface area contributed by atoms with Gasteiger partial charge in [-0.3, -0.25) is 20.0 Å². The third-order valence-corrected chi connectivity index (χ3v) is 5.74. The second kappa shape index (κ2) is 11.5. The van der Waals surface area contributed by atoms with E-state index in [4.69, 9.17) is 9.73 Å². The number of anilines is 1. The standard InChI is InChI=1S/C21H31N7O3/c1-22-14-28(2)18-13-23-12-17(24-18)20-25-21(31-27-20)16(11-19(29)26-30)10-6-9-15-7-4-3-5-8-15/h12-16,30H,3-11H2,1-2H3,(H,26,29). The van der Waals surface area contributed by atoms with E-state index in [-0.39, 0.29) is 12.3 Å². The van der Waals surface area contributed by atoms with Gasteiger partial charge in [0.15, 0.2) is 5.82 Å². The van der Waals surface area contributed by atoms with Crippen molar-refractivity contribution in [1.82, 2.24) is 25.6 Å². The smallest absolute Gasteiger partial charge is 0.244 e. The van der Waals surface area contributed by atoms with Gasteiger partial charge in [-0.15, -0.1) is 0 Å². The summed E-state index contributed by atoms with van der Waals surface area (Å²) >= 11 is 0. The summed E-state index contributed by atoms with van der Waals surface area (Å²) in [5, 5.41) is 13.0. The Hall–Kier alpha value is -2.88. The molecule has 0 radical (unpaired) electrons. The number of carbonyl (C=O) groups excluding carboxylic acids is 1. The van der Waals surface area contributed by atoms with Crippen LogP contribution in [0.15, 0.2) is 21.9 Å². The maximum atomic E-state index is 11.8. The molecule has 1 unspecified atom stereocenters. The molecule has 0 bridgehead atoms. The molecule has 168 valence electrons. The molecule has 0 spiro atoms. The van der Waals surface area contributed by atoms with E-state index in [1.165, 1.54) is 32.1 Å². The van der Waals surface area contributed by atoms with E-state index in [0.29, 0.717) is 23.2 Å². The lowest BCUT2D eigenvalue weighted by atomic mass is 9.84. The Labute approximate surface area is 182 Å². The highest BCUT2D eigenvalue weighted by molar-refractivity contribution is 5.76. The van der Waals surface area contributed by atoms with Crippen molar-refractivity contribution in [1.29, 1.82) is 0 Å². The fourth-order valence-corrected chi connectivity index (χ4v) is 4.08. The number of rotatable bonds is 10. The lowest BCUT2D eigenvalue weighted by Crippen LogP contribution is -2.21. The minimum atomic E-state index is -0.468. The first-order valence-corrected chi connectivity index (χ1v) is 10.8. The van der Waals surface area contributed by atoms with Crippen LogP contribution in [0.25, 0.3) is 11.5 Å². The molecule has 2 aromatic heterocycles. The molecule has 1 atom stereocenters. The fraction of sp³-hybridized carbons (Fsp3) is 0.619. The van der Waals surface area contributed by atoms with Gasteiger partial charge >= 0.3 is 0 Å². The highest BCUT2D eigenvalue weighted by Gasteiger charge is 2.24. The summed E-state index contributed by atoms with van der Waals surface area (Å²) in [7, 11) is 3.49. The van der Waals surface area contributed by atoms with Crippen LogP contribution < -0.4 is 10.4 Å². The molecule has 2 N–H and O–H groups in total. The second-order valence-electron chi connectivity index (χ2n) is 8.07. The molecule has 31 heavy (non-hydrogen) atoms. The zero-order valence-corrected chi connectivity index (χ0v) is 18.2. The number of carbonyl (C=O) groups is 1. The molecular weight excluding hydrogens is 398 g/mol. The summed E-state index contributed by atoms with van der Waals surface area (Å²) < 4.78 is 5.49. The molecule has 2 heterocycles. The van der Waals surface area contributed by atoms with E-state index in [2.05, 4.69) is 25.1 Å². The predicted molar refractivity (Wildman–Crippen MR) is 116 cm³/mol. The zero-order valence-electron chi connectivity index (χ0n) is 18.2. The van der Waals surface area contributed by atoms with Crippen LogP contribution in [0, 0.1) is 5.92 Å². The van der Waals surface area contributed by atoms with Gasteiger partial charge < -0.3 is 9.42 Å². The van der Waals surface area contributed by atoms with Gasteiger partial charge in [-0.05, 0) is 12.3 Å². The number of nitrogens with zero attached hydrogens (tertiary/aromatic N) is 6. The number of hydrogen-bond donors (Lipinski definition) is 2. The second-order valence-corrected chi connectivity index (χ2v) is 8.07. The summed E-state index contributed by atoms with van der Waals surface area (Å²) in [4.78, 5) is 30.7. The lowest BCUT2D eigenvalue weighted by Gasteiger charge is -2.22. The van der Waals surface area contributed by atoms with Crippen LogP contribution in [0.1, 0.15) is 69.6 Å². The van der Waals surface area contributed by atoms with E-state index in [1.54, 1.807) is 36.2 Å². The molecular formula is C21H31N7O3. The average Bonchev–Trinajstić information content (AvgIpc) is 3.29. The summed E-state index contributed by atoms with van der Waals surface area (Å²) in [6.45, 7) is 0. The Morgan fingerprint density at radius 1 is 1.35 bits per heavy atom. The lowest BCUT2D eigenvalue weighted by molar-refractivity contribution is -0.129. The van der Waals surface area contributed by atoms with Crippen molar-refractivity contribution in [3.8, 4) is 11.5 Å². The van der Waals surface area contributed by atoms with Crippen molar-refractivity contribution in [2.24, 2.45) is 10.9 Å². The molecule has 2 aromatic rings. The van der Waals surface area contributed by atoms with Crippen LogP contribution in [0.3, 0.4) is 0 Å². The van der Waals surface area contributed by atoms with Crippen molar-refractivity contribution in [3.05, 3.63) is 18.3 Å². The maximum Gasteiger partial charge on any atom is 0.244 e. The fourth-order valence-electron chi connectivity index (χ4n) is 4.08. The van der Waals surface area contributed by atoms with Crippen LogP contribution in [0.4, 0.5) is 5.82 Å². The normalized spacial score (nSPS) is 15.8. The maximum absolute atomic E-state index is 11.8. The highest BCUT2D eigenvalue weighted by atomic mass is 16.5. The molecule has 1 fully saturated rings. The first kappa shape index (κ1) is 22.8. The number of nitrogens with one attached hydrogen (secondary N) is 1. The van der Waals surface area contributed by atoms with Crippen molar-refractivity contribution in [3.63, 3.8) is 0 Å². The van der Waals surface area contributed by atoms with Crippen LogP contribution in [0.2, 0.25) is 0 Å². The van der Waals surface area contributed by atoms with Gasteiger partial charge in [0.2, 0.25) is 17.6 Å². The van der Waals surface area contributed by atoms with Gasteiger partial charge in [-0.1, -0.05) is 50.1 Å². The Balaban J connectivity index is 1.70. The monoisotopic (exact) mass is 429 g/mol. The Morgan fingerprint density at radius 2 is 2.16 bits per heavy atom. The number of hydroxylamine groups is 1. The van der Waals surface area contributed by atoms with Crippen LogP contribution >= 0.6 is 0 Å². The number of aliphatic imine (C=N–C) groups is 1. The summed E-state index contributed by atoms with van der Waals surface area (Å²) in [6, 6.07) is 0. The van der Waals surface area contributed by atoms with Crippen molar-refractivity contribution >= 4 is 18.1 Å². The zero-order chi connectivity index (χ0) is 22.1. The van der Waals surface area contributed by atoms with Gasteiger partial charge in [0.1, 0.15) is 5.69 Å². The number of aromatic nitrogens is 4. The first-order chi connectivity index (χ1) is 15.1. The van der Waals surface area contributed by atoms with Gasteiger partial charge in [0.05, 0.1) is 18.7 Å².